The average molecular weight is 162 g/mol. The highest BCUT2D eigenvalue weighted by atomic mass is 35.5. The Balaban J connectivity index is 2.56. The highest BCUT2D eigenvalue weighted by molar-refractivity contribution is 6.18. The first kappa shape index (κ1) is 7.41. The molecule has 4 heteroatoms. The monoisotopic (exact) mass is 161 g/mol. The van der Waals surface area contributed by atoms with Gasteiger partial charge in [0, 0.05) is 5.88 Å². The van der Waals surface area contributed by atoms with Gasteiger partial charge in [-0.1, -0.05) is 6.58 Å². The second-order valence-corrected chi connectivity index (χ2v) is 2.32. The average Bonchev–Trinajstić information content (AvgIpc) is 2.30. The number of hydrogen-bond donors (Lipinski definition) is 1. The van der Waals surface area contributed by atoms with Gasteiger partial charge in [0.2, 0.25) is 0 Å². The number of nitrogens with one attached hydrogen (secondary N) is 1. The first-order valence-electron chi connectivity index (χ1n) is 2.93. The molecule has 1 saturated heterocycles. The number of alkyl carbamates (subject to hydrolysis) is 1. The van der Waals surface area contributed by atoms with Gasteiger partial charge in [-0.3, -0.25) is 0 Å². The number of hydrogen-bond acceptors (Lipinski definition) is 2. The molecule has 1 amide bonds. The van der Waals surface area contributed by atoms with E-state index in [4.69, 9.17) is 16.3 Å². The number of alkyl halides is 1. The van der Waals surface area contributed by atoms with Crippen molar-refractivity contribution in [2.24, 2.45) is 0 Å². The summed E-state index contributed by atoms with van der Waals surface area (Å²) in [7, 11) is 0. The van der Waals surface area contributed by atoms with E-state index in [1.807, 2.05) is 0 Å². The zero-order valence-corrected chi connectivity index (χ0v) is 6.10. The predicted octanol–water partition coefficient (Wildman–Crippen LogP) is 0.888. The maximum atomic E-state index is 10.5. The molecule has 1 rings (SSSR count). The summed E-state index contributed by atoms with van der Waals surface area (Å²) in [4.78, 5) is 10.5. The van der Waals surface area contributed by atoms with E-state index in [1.165, 1.54) is 0 Å². The Bertz CT molecular complexity index is 160. The quantitative estimate of drug-likeness (QED) is 0.483. The lowest BCUT2D eigenvalue weighted by Gasteiger charge is -2.07. The summed E-state index contributed by atoms with van der Waals surface area (Å²) < 4.78 is 4.76. The van der Waals surface area contributed by atoms with Gasteiger partial charge in [0.05, 0.1) is 6.04 Å². The lowest BCUT2D eigenvalue weighted by molar-refractivity contribution is 0.154. The Morgan fingerprint density at radius 2 is 2.60 bits per heavy atom. The number of halogens is 1. The fraction of sp³-hybridized carbons (Fsp3) is 0.500. The van der Waals surface area contributed by atoms with Gasteiger partial charge in [-0.2, -0.15) is 0 Å². The molecule has 2 atom stereocenters. The van der Waals surface area contributed by atoms with E-state index in [2.05, 4.69) is 11.9 Å². The summed E-state index contributed by atoms with van der Waals surface area (Å²) in [6, 6.07) is -0.119. The molecule has 0 spiro atoms. The molecule has 1 fully saturated rings. The van der Waals surface area contributed by atoms with E-state index in [1.54, 1.807) is 6.08 Å². The van der Waals surface area contributed by atoms with Gasteiger partial charge in [0.15, 0.2) is 0 Å². The molecular weight excluding hydrogens is 154 g/mol. The second kappa shape index (κ2) is 2.92. The SMILES string of the molecule is C=C[C@@H]1OC(=O)N[C@H]1CCl. The van der Waals surface area contributed by atoms with Gasteiger partial charge >= 0.3 is 6.09 Å². The molecule has 56 valence electrons. The number of ether oxygens (including phenoxy) is 1. The highest BCUT2D eigenvalue weighted by Crippen LogP contribution is 2.10. The van der Waals surface area contributed by atoms with Gasteiger partial charge in [0.25, 0.3) is 0 Å². The minimum atomic E-state index is -0.421. The van der Waals surface area contributed by atoms with Crippen LogP contribution in [0.2, 0.25) is 0 Å². The lowest BCUT2D eigenvalue weighted by atomic mass is 10.2. The molecule has 0 saturated carbocycles. The molecular formula is C6H8ClNO2. The van der Waals surface area contributed by atoms with Crippen LogP contribution in [0.4, 0.5) is 4.79 Å². The largest absolute Gasteiger partial charge is 0.440 e. The van der Waals surface area contributed by atoms with E-state index in [0.29, 0.717) is 5.88 Å². The second-order valence-electron chi connectivity index (χ2n) is 2.01. The minimum Gasteiger partial charge on any atom is -0.440 e. The zero-order chi connectivity index (χ0) is 7.56. The zero-order valence-electron chi connectivity index (χ0n) is 5.34. The third kappa shape index (κ3) is 1.24. The Hall–Kier alpha value is -0.700. The number of amides is 1. The summed E-state index contributed by atoms with van der Waals surface area (Å²) >= 11 is 5.50. The summed E-state index contributed by atoms with van der Waals surface area (Å²) in [6.07, 6.45) is 0.867. The molecule has 0 bridgehead atoms. The van der Waals surface area contributed by atoms with Crippen LogP contribution in [0.15, 0.2) is 12.7 Å². The summed E-state index contributed by atoms with van der Waals surface area (Å²) in [5.41, 5.74) is 0. The van der Waals surface area contributed by atoms with E-state index >= 15 is 0 Å². The van der Waals surface area contributed by atoms with Gasteiger partial charge in [-0.05, 0) is 6.08 Å². The molecule has 0 aromatic rings. The maximum Gasteiger partial charge on any atom is 0.408 e. The van der Waals surface area contributed by atoms with Crippen LogP contribution in [-0.4, -0.2) is 24.1 Å². The van der Waals surface area contributed by atoms with Crippen molar-refractivity contribution in [2.75, 3.05) is 5.88 Å². The molecule has 0 radical (unpaired) electrons. The number of carbonyl (C=O) groups excluding carboxylic acids is 1. The Labute approximate surface area is 64.0 Å². The van der Waals surface area contributed by atoms with Gasteiger partial charge in [-0.25, -0.2) is 4.79 Å². The number of cyclic esters (lactones) is 1. The van der Waals surface area contributed by atoms with Crippen molar-refractivity contribution in [3.63, 3.8) is 0 Å². The first-order valence-corrected chi connectivity index (χ1v) is 3.47. The molecule has 1 heterocycles. The van der Waals surface area contributed by atoms with Crippen LogP contribution in [0.25, 0.3) is 0 Å². The standard InChI is InChI=1S/C6H8ClNO2/c1-2-5-4(3-7)8-6(9)10-5/h2,4-5H,1,3H2,(H,8,9)/t4-,5-/m0/s1. The first-order chi connectivity index (χ1) is 4.77. The smallest absolute Gasteiger partial charge is 0.408 e. The van der Waals surface area contributed by atoms with Crippen LogP contribution >= 0.6 is 11.6 Å². The van der Waals surface area contributed by atoms with Crippen LogP contribution in [0.5, 0.6) is 0 Å². The topological polar surface area (TPSA) is 38.3 Å². The van der Waals surface area contributed by atoms with Crippen molar-refractivity contribution in [1.82, 2.24) is 5.32 Å². The van der Waals surface area contributed by atoms with Gasteiger partial charge in [-0.15, -0.1) is 11.6 Å². The molecule has 0 aromatic carbocycles. The van der Waals surface area contributed by atoms with E-state index in [0.717, 1.165) is 0 Å². The molecule has 0 aliphatic carbocycles. The third-order valence-electron chi connectivity index (χ3n) is 1.34. The molecule has 1 N–H and O–H groups in total. The van der Waals surface area contributed by atoms with Crippen molar-refractivity contribution >= 4 is 17.7 Å². The lowest BCUT2D eigenvalue weighted by Crippen LogP contribution is -2.31. The molecule has 1 aliphatic rings. The van der Waals surface area contributed by atoms with E-state index in [9.17, 15) is 4.79 Å². The van der Waals surface area contributed by atoms with E-state index in [-0.39, 0.29) is 12.1 Å². The van der Waals surface area contributed by atoms with Crippen LogP contribution in [0.1, 0.15) is 0 Å². The molecule has 3 nitrogen and oxygen atoms in total. The van der Waals surface area contributed by atoms with Crippen molar-refractivity contribution in [3.8, 4) is 0 Å². The summed E-state index contributed by atoms with van der Waals surface area (Å²) in [6.45, 7) is 3.50. The summed E-state index contributed by atoms with van der Waals surface area (Å²) in [5, 5.41) is 2.54. The number of rotatable bonds is 2. The van der Waals surface area contributed by atoms with Crippen LogP contribution in [-0.2, 0) is 4.74 Å². The third-order valence-corrected chi connectivity index (χ3v) is 1.67. The van der Waals surface area contributed by atoms with Crippen molar-refractivity contribution in [3.05, 3.63) is 12.7 Å². The van der Waals surface area contributed by atoms with Crippen molar-refractivity contribution < 1.29 is 9.53 Å². The fourth-order valence-electron chi connectivity index (χ4n) is 0.812. The maximum absolute atomic E-state index is 10.5. The van der Waals surface area contributed by atoms with Crippen molar-refractivity contribution in [2.45, 2.75) is 12.1 Å². The van der Waals surface area contributed by atoms with Crippen LogP contribution in [0.3, 0.4) is 0 Å². The molecule has 1 aliphatic heterocycles. The Morgan fingerprint density at radius 3 is 3.00 bits per heavy atom. The normalized spacial score (nSPS) is 31.1. The highest BCUT2D eigenvalue weighted by Gasteiger charge is 2.30. The molecule has 0 aromatic heterocycles. The fourth-order valence-corrected chi connectivity index (χ4v) is 1.06. The summed E-state index contributed by atoms with van der Waals surface area (Å²) in [5.74, 6) is 0.350. The number of carbonyl (C=O) groups is 1. The molecule has 10 heavy (non-hydrogen) atoms. The minimum absolute atomic E-state index is 0.119. The van der Waals surface area contributed by atoms with E-state index < -0.39 is 6.09 Å². The Morgan fingerprint density at radius 1 is 1.90 bits per heavy atom. The van der Waals surface area contributed by atoms with Crippen molar-refractivity contribution in [1.29, 1.82) is 0 Å². The van der Waals surface area contributed by atoms with Crippen LogP contribution in [0, 0.1) is 0 Å². The van der Waals surface area contributed by atoms with Gasteiger partial charge < -0.3 is 10.1 Å². The van der Waals surface area contributed by atoms with Gasteiger partial charge in [0.1, 0.15) is 6.10 Å². The van der Waals surface area contributed by atoms with Crippen LogP contribution < -0.4 is 5.32 Å². The predicted molar refractivity (Wildman–Crippen MR) is 38.1 cm³/mol. The molecule has 0 unspecified atom stereocenters. The Kier molecular flexibility index (Phi) is 2.17.